The molecule has 1 N–H and O–H groups in total. The summed E-state index contributed by atoms with van der Waals surface area (Å²) < 4.78 is 56.2. The Morgan fingerprint density at radius 1 is 1.71 bits per heavy atom. The first-order valence-corrected chi connectivity index (χ1v) is 6.56. The number of hydrogen-bond acceptors (Lipinski definition) is 2. The first-order chi connectivity index (χ1) is 8.57. The van der Waals surface area contributed by atoms with E-state index < -0.39 is 20.0 Å². The van der Waals surface area contributed by atoms with Gasteiger partial charge in [0.2, 0.25) is 0 Å². The molecule has 1 saturated heterocycles. The summed E-state index contributed by atoms with van der Waals surface area (Å²) in [6.45, 7) is -2.81. The molecule has 0 aromatic rings. The fourth-order valence-corrected chi connectivity index (χ4v) is 3.12. The molecular weight excluding hydrogens is 246 g/mol. The van der Waals surface area contributed by atoms with E-state index in [1.165, 1.54) is 0 Å². The van der Waals surface area contributed by atoms with Gasteiger partial charge in [-0.05, 0) is 6.42 Å². The minimum Gasteiger partial charge on any atom is -0.306 e. The zero-order chi connectivity index (χ0) is 14.9. The van der Waals surface area contributed by atoms with E-state index in [-0.39, 0.29) is 25.6 Å². The van der Waals surface area contributed by atoms with Crippen molar-refractivity contribution >= 4 is 30.9 Å². The molecule has 7 heteroatoms. The number of hydrogen-bond donors (Lipinski definition) is 1. The van der Waals surface area contributed by atoms with Crippen LogP contribution in [-0.2, 0) is 9.09 Å². The SMILES string of the molecule is [2H]N1CCCOP1(=O)N(CCCl)C([2H])([2H])C([2H])([2H])Cl. The Balaban J connectivity index is 3.16. The van der Waals surface area contributed by atoms with Crippen LogP contribution in [0.4, 0.5) is 0 Å². The summed E-state index contributed by atoms with van der Waals surface area (Å²) in [4.78, 5) is 0. The minimum atomic E-state index is -4.00. The summed E-state index contributed by atoms with van der Waals surface area (Å²) in [5.41, 5.74) is 0. The fraction of sp³-hybridized carbons (Fsp3) is 1.00. The molecule has 1 aliphatic rings. The van der Waals surface area contributed by atoms with Gasteiger partial charge in [0.1, 0.15) is 1.41 Å². The average molecular weight is 266 g/mol. The second kappa shape index (κ2) is 6.31. The van der Waals surface area contributed by atoms with Crippen LogP contribution in [0, 0.1) is 0 Å². The second-order valence-corrected chi connectivity index (χ2v) is 5.13. The third-order valence-corrected chi connectivity index (χ3v) is 3.85. The maximum Gasteiger partial charge on any atom is 0.343 e. The van der Waals surface area contributed by atoms with E-state index in [4.69, 9.17) is 34.6 Å². The molecule has 1 rings (SSSR count). The van der Waals surface area contributed by atoms with Crippen molar-refractivity contribution < 1.29 is 16.0 Å². The highest BCUT2D eigenvalue weighted by Crippen LogP contribution is 2.47. The average Bonchev–Trinajstić information content (AvgIpc) is 2.28. The summed E-state index contributed by atoms with van der Waals surface area (Å²) in [6, 6.07) is 0. The molecule has 1 atom stereocenters. The molecule has 84 valence electrons. The molecule has 1 fully saturated rings. The van der Waals surface area contributed by atoms with E-state index >= 15 is 0 Å². The van der Waals surface area contributed by atoms with Crippen LogP contribution in [0.15, 0.2) is 0 Å². The van der Waals surface area contributed by atoms with Crippen LogP contribution >= 0.6 is 30.9 Å². The molecule has 0 aliphatic carbocycles. The lowest BCUT2D eigenvalue weighted by atomic mass is 10.5. The molecule has 0 saturated carbocycles. The lowest BCUT2D eigenvalue weighted by molar-refractivity contribution is 0.233. The number of nitrogens with one attached hydrogen (secondary N) is 1. The number of halogens is 2. The molecule has 1 unspecified atom stereocenters. The van der Waals surface area contributed by atoms with Gasteiger partial charge in [0.15, 0.2) is 0 Å². The molecule has 0 aromatic carbocycles. The molecule has 1 aliphatic heterocycles. The monoisotopic (exact) mass is 265 g/mol. The van der Waals surface area contributed by atoms with E-state index in [0.29, 0.717) is 16.2 Å². The van der Waals surface area contributed by atoms with Gasteiger partial charge >= 0.3 is 7.67 Å². The van der Waals surface area contributed by atoms with Gasteiger partial charge in [0.05, 0.1) is 6.61 Å². The van der Waals surface area contributed by atoms with E-state index in [2.05, 4.69) is 0 Å². The van der Waals surface area contributed by atoms with Crippen molar-refractivity contribution in [1.29, 1.82) is 0 Å². The molecule has 0 radical (unpaired) electrons. The van der Waals surface area contributed by atoms with Gasteiger partial charge < -0.3 is 4.52 Å². The van der Waals surface area contributed by atoms with Gasteiger partial charge in [-0.25, -0.2) is 9.75 Å². The first-order valence-electron chi connectivity index (χ1n) is 6.56. The number of alkyl halides is 2. The second-order valence-electron chi connectivity index (χ2n) is 2.56. The molecular formula is C7H15Cl2N2O2P. The van der Waals surface area contributed by atoms with Crippen LogP contribution in [0.2, 0.25) is 1.41 Å². The van der Waals surface area contributed by atoms with Crippen molar-refractivity contribution in [2.24, 2.45) is 0 Å². The van der Waals surface area contributed by atoms with Gasteiger partial charge in [0.25, 0.3) is 0 Å². The predicted octanol–water partition coefficient (Wildman–Crippen LogP) is 1.88. The Kier molecular flexibility index (Phi) is 3.20. The third kappa shape index (κ3) is 3.37. The predicted molar refractivity (Wildman–Crippen MR) is 59.2 cm³/mol. The highest BCUT2D eigenvalue weighted by Gasteiger charge is 2.32. The number of nitrogens with zero attached hydrogens (tertiary/aromatic N) is 1. The first kappa shape index (κ1) is 7.10. The Morgan fingerprint density at radius 3 is 3.07 bits per heavy atom. The van der Waals surface area contributed by atoms with Crippen LogP contribution < -0.4 is 5.08 Å². The van der Waals surface area contributed by atoms with Gasteiger partial charge in [-0.15, -0.1) is 23.2 Å². The summed E-state index contributed by atoms with van der Waals surface area (Å²) >= 11 is 11.0. The Labute approximate surface area is 102 Å². The maximum atomic E-state index is 12.7. The molecule has 1 heterocycles. The summed E-state index contributed by atoms with van der Waals surface area (Å²) in [6.07, 6.45) is 0.485. The van der Waals surface area contributed by atoms with Crippen molar-refractivity contribution in [2.75, 3.05) is 37.9 Å². The summed E-state index contributed by atoms with van der Waals surface area (Å²) in [5, 5.41) is 0.642. The quantitative estimate of drug-likeness (QED) is 0.609. The van der Waals surface area contributed by atoms with Gasteiger partial charge in [-0.3, -0.25) is 4.57 Å². The van der Waals surface area contributed by atoms with Crippen molar-refractivity contribution in [3.63, 3.8) is 0 Å². The molecule has 4 nitrogen and oxygen atoms in total. The van der Waals surface area contributed by atoms with Crippen LogP contribution in [0.5, 0.6) is 0 Å². The van der Waals surface area contributed by atoms with E-state index in [1.54, 1.807) is 0 Å². The van der Waals surface area contributed by atoms with E-state index in [1.807, 2.05) is 0 Å². The fourth-order valence-electron chi connectivity index (χ4n) is 1.01. The topological polar surface area (TPSA) is 41.6 Å². The van der Waals surface area contributed by atoms with Crippen LogP contribution in [-0.4, -0.2) is 42.6 Å². The van der Waals surface area contributed by atoms with Gasteiger partial charge in [-0.1, -0.05) is 0 Å². The van der Waals surface area contributed by atoms with Crippen LogP contribution in [0.1, 0.15) is 11.9 Å². The zero-order valence-corrected chi connectivity index (χ0v) is 9.86. The van der Waals surface area contributed by atoms with Crippen molar-refractivity contribution in [1.82, 2.24) is 9.75 Å². The lowest BCUT2D eigenvalue weighted by Gasteiger charge is -2.33. The lowest BCUT2D eigenvalue weighted by Crippen LogP contribution is -2.35. The molecule has 0 aromatic heterocycles. The van der Waals surface area contributed by atoms with E-state index in [9.17, 15) is 4.57 Å². The van der Waals surface area contributed by atoms with Crippen molar-refractivity contribution in [3.05, 3.63) is 0 Å². The molecule has 0 amide bonds. The largest absolute Gasteiger partial charge is 0.343 e. The Morgan fingerprint density at radius 2 is 2.50 bits per heavy atom. The third-order valence-electron chi connectivity index (χ3n) is 1.61. The number of rotatable bonds is 5. The van der Waals surface area contributed by atoms with Gasteiger partial charge in [-0.2, -0.15) is 0 Å². The Hall–Kier alpha value is 0.690. The normalized spacial score (nSPS) is 36.9. The highest BCUT2D eigenvalue weighted by atomic mass is 35.5. The van der Waals surface area contributed by atoms with E-state index in [0.717, 1.165) is 0 Å². The summed E-state index contributed by atoms with van der Waals surface area (Å²) in [7, 11) is -4.00. The van der Waals surface area contributed by atoms with Crippen LogP contribution in [0.3, 0.4) is 0 Å². The van der Waals surface area contributed by atoms with Crippen molar-refractivity contribution in [3.8, 4) is 0 Å². The molecule has 14 heavy (non-hydrogen) atoms. The van der Waals surface area contributed by atoms with Crippen molar-refractivity contribution in [2.45, 2.75) is 6.42 Å². The molecule has 0 spiro atoms. The van der Waals surface area contributed by atoms with Gasteiger partial charge in [0, 0.05) is 36.8 Å². The molecule has 0 bridgehead atoms. The zero-order valence-electron chi connectivity index (χ0n) is 12.4. The standard InChI is InChI=1S/C7H15Cl2N2O2P/c8-2-5-11(6-3-9)14(12)10-4-1-7-13-14/h1-7H2,(H,10,12)/i2D2,5D2/hD. The minimum absolute atomic E-state index is 0.104. The summed E-state index contributed by atoms with van der Waals surface area (Å²) in [5.74, 6) is -2.91. The maximum absolute atomic E-state index is 12.7. The highest BCUT2D eigenvalue weighted by molar-refractivity contribution is 7.54. The van der Waals surface area contributed by atoms with Crippen LogP contribution in [0.25, 0.3) is 0 Å². The smallest absolute Gasteiger partial charge is 0.306 e. The Bertz CT molecular complexity index is 370.